The standard InChI is InChI=1S/C15H19N3O2S.ClH/c1-11-9-12-3-2-4-14(15(12)17-10-11)21(19,20)18-13-5-7-16-8-6-13;/h2-4,9-10,13,16,18H,5-8H2,1H3;1H. The van der Waals surface area contributed by atoms with Gasteiger partial charge in [-0.15, -0.1) is 12.4 Å². The lowest BCUT2D eigenvalue weighted by molar-refractivity contribution is 0.427. The van der Waals surface area contributed by atoms with Crippen LogP contribution in [0.3, 0.4) is 0 Å². The predicted molar refractivity (Wildman–Crippen MR) is 89.9 cm³/mol. The molecule has 120 valence electrons. The number of aryl methyl sites for hydroxylation is 1. The van der Waals surface area contributed by atoms with Crippen LogP contribution in [0.1, 0.15) is 18.4 Å². The average Bonchev–Trinajstić information content (AvgIpc) is 2.47. The maximum Gasteiger partial charge on any atom is 0.242 e. The molecule has 3 rings (SSSR count). The van der Waals surface area contributed by atoms with Crippen molar-refractivity contribution in [1.82, 2.24) is 15.0 Å². The zero-order valence-corrected chi connectivity index (χ0v) is 14.0. The van der Waals surface area contributed by atoms with Crippen LogP contribution in [0, 0.1) is 6.92 Å². The SMILES string of the molecule is Cc1cnc2c(S(=O)(=O)NC3CCNCC3)cccc2c1.Cl. The molecule has 1 aromatic heterocycles. The van der Waals surface area contributed by atoms with Gasteiger partial charge in [-0.25, -0.2) is 13.1 Å². The summed E-state index contributed by atoms with van der Waals surface area (Å²) in [6.07, 6.45) is 3.33. The number of nitrogens with one attached hydrogen (secondary N) is 2. The number of fused-ring (bicyclic) bond motifs is 1. The van der Waals surface area contributed by atoms with Crippen molar-refractivity contribution in [2.45, 2.75) is 30.7 Å². The first-order valence-corrected chi connectivity index (χ1v) is 8.63. The Hall–Kier alpha value is -1.21. The van der Waals surface area contributed by atoms with Crippen molar-refractivity contribution < 1.29 is 8.42 Å². The van der Waals surface area contributed by atoms with E-state index in [1.54, 1.807) is 18.3 Å². The van der Waals surface area contributed by atoms with E-state index in [-0.39, 0.29) is 23.3 Å². The van der Waals surface area contributed by atoms with Gasteiger partial charge in [0.25, 0.3) is 0 Å². The molecule has 0 saturated carbocycles. The molecule has 1 aromatic carbocycles. The molecule has 0 amide bonds. The molecule has 5 nitrogen and oxygen atoms in total. The van der Waals surface area contributed by atoms with E-state index in [0.717, 1.165) is 36.9 Å². The first-order chi connectivity index (χ1) is 10.1. The van der Waals surface area contributed by atoms with E-state index in [4.69, 9.17) is 0 Å². The summed E-state index contributed by atoms with van der Waals surface area (Å²) in [4.78, 5) is 4.57. The molecule has 0 atom stereocenters. The maximum absolute atomic E-state index is 12.6. The number of hydrogen-bond donors (Lipinski definition) is 2. The summed E-state index contributed by atoms with van der Waals surface area (Å²) < 4.78 is 28.1. The Morgan fingerprint density at radius 2 is 2.00 bits per heavy atom. The summed E-state index contributed by atoms with van der Waals surface area (Å²) in [6, 6.07) is 7.22. The number of piperidine rings is 1. The molecule has 0 bridgehead atoms. The molecular formula is C15H20ClN3O2S. The molecular weight excluding hydrogens is 322 g/mol. The van der Waals surface area contributed by atoms with Crippen LogP contribution in [0.5, 0.6) is 0 Å². The highest BCUT2D eigenvalue weighted by Gasteiger charge is 2.23. The normalized spacial score (nSPS) is 16.4. The lowest BCUT2D eigenvalue weighted by atomic mass is 10.1. The van der Waals surface area contributed by atoms with Crippen molar-refractivity contribution in [1.29, 1.82) is 0 Å². The fourth-order valence-corrected chi connectivity index (χ4v) is 4.17. The fourth-order valence-electron chi connectivity index (χ4n) is 2.68. The van der Waals surface area contributed by atoms with Gasteiger partial charge in [0.2, 0.25) is 10.0 Å². The Morgan fingerprint density at radius 3 is 2.73 bits per heavy atom. The molecule has 1 aliphatic heterocycles. The van der Waals surface area contributed by atoms with E-state index < -0.39 is 10.0 Å². The summed E-state index contributed by atoms with van der Waals surface area (Å²) in [5.41, 5.74) is 1.55. The number of sulfonamides is 1. The summed E-state index contributed by atoms with van der Waals surface area (Å²) in [5, 5.41) is 4.08. The Bertz CT molecular complexity index is 758. The van der Waals surface area contributed by atoms with E-state index in [0.29, 0.717) is 5.52 Å². The maximum atomic E-state index is 12.6. The average molecular weight is 342 g/mol. The molecule has 1 fully saturated rings. The zero-order chi connectivity index (χ0) is 14.9. The van der Waals surface area contributed by atoms with Crippen LogP contribution >= 0.6 is 12.4 Å². The van der Waals surface area contributed by atoms with Crippen LogP contribution in [0.15, 0.2) is 35.4 Å². The van der Waals surface area contributed by atoms with E-state index >= 15 is 0 Å². The van der Waals surface area contributed by atoms with Crippen molar-refractivity contribution >= 4 is 33.3 Å². The molecule has 7 heteroatoms. The number of aromatic nitrogens is 1. The van der Waals surface area contributed by atoms with Gasteiger partial charge in [-0.05, 0) is 50.6 Å². The molecule has 1 aliphatic rings. The van der Waals surface area contributed by atoms with Crippen LogP contribution in [-0.4, -0.2) is 32.5 Å². The van der Waals surface area contributed by atoms with Crippen molar-refractivity contribution in [2.75, 3.05) is 13.1 Å². The molecule has 0 aliphatic carbocycles. The number of rotatable bonds is 3. The topological polar surface area (TPSA) is 71.1 Å². The molecule has 2 heterocycles. The molecule has 22 heavy (non-hydrogen) atoms. The van der Waals surface area contributed by atoms with E-state index in [2.05, 4.69) is 15.0 Å². The quantitative estimate of drug-likeness (QED) is 0.895. The Balaban J connectivity index is 0.00000176. The number of nitrogens with zero attached hydrogens (tertiary/aromatic N) is 1. The number of benzene rings is 1. The lowest BCUT2D eigenvalue weighted by Gasteiger charge is -2.23. The van der Waals surface area contributed by atoms with Gasteiger partial charge >= 0.3 is 0 Å². The second kappa shape index (κ2) is 6.91. The predicted octanol–water partition coefficient (Wildman–Crippen LogP) is 2.00. The number of pyridine rings is 1. The molecule has 1 saturated heterocycles. The minimum absolute atomic E-state index is 0. The van der Waals surface area contributed by atoms with Crippen molar-refractivity contribution in [3.8, 4) is 0 Å². The van der Waals surface area contributed by atoms with Crippen LogP contribution in [0.2, 0.25) is 0 Å². The smallest absolute Gasteiger partial charge is 0.242 e. The van der Waals surface area contributed by atoms with Gasteiger partial charge in [-0.1, -0.05) is 12.1 Å². The van der Waals surface area contributed by atoms with Gasteiger partial charge in [0, 0.05) is 17.6 Å². The van der Waals surface area contributed by atoms with Gasteiger partial charge in [-0.3, -0.25) is 4.98 Å². The van der Waals surface area contributed by atoms with Crippen LogP contribution in [-0.2, 0) is 10.0 Å². The molecule has 2 aromatic rings. The Morgan fingerprint density at radius 1 is 1.27 bits per heavy atom. The number of hydrogen-bond acceptors (Lipinski definition) is 4. The largest absolute Gasteiger partial charge is 0.317 e. The zero-order valence-electron chi connectivity index (χ0n) is 12.4. The third-order valence-electron chi connectivity index (χ3n) is 3.76. The second-order valence-corrected chi connectivity index (χ2v) is 7.17. The van der Waals surface area contributed by atoms with Gasteiger partial charge < -0.3 is 5.32 Å². The van der Waals surface area contributed by atoms with Crippen molar-refractivity contribution in [3.05, 3.63) is 36.0 Å². The third-order valence-corrected chi connectivity index (χ3v) is 5.31. The third kappa shape index (κ3) is 3.57. The first-order valence-electron chi connectivity index (χ1n) is 7.15. The van der Waals surface area contributed by atoms with Gasteiger partial charge in [0.15, 0.2) is 0 Å². The minimum Gasteiger partial charge on any atom is -0.317 e. The molecule has 2 N–H and O–H groups in total. The first kappa shape index (κ1) is 17.1. The highest BCUT2D eigenvalue weighted by Crippen LogP contribution is 2.22. The molecule has 0 unspecified atom stereocenters. The number of halogens is 1. The summed E-state index contributed by atoms with van der Waals surface area (Å²) in [7, 11) is -3.54. The second-order valence-electron chi connectivity index (χ2n) is 5.49. The summed E-state index contributed by atoms with van der Waals surface area (Å²) in [5.74, 6) is 0. The Labute approximate surface area is 137 Å². The van der Waals surface area contributed by atoms with Crippen molar-refractivity contribution in [3.63, 3.8) is 0 Å². The van der Waals surface area contributed by atoms with Gasteiger partial charge in [-0.2, -0.15) is 0 Å². The van der Waals surface area contributed by atoms with Gasteiger partial charge in [0.05, 0.1) is 5.52 Å². The van der Waals surface area contributed by atoms with Crippen LogP contribution in [0.4, 0.5) is 0 Å². The van der Waals surface area contributed by atoms with Crippen LogP contribution in [0.25, 0.3) is 10.9 Å². The fraction of sp³-hybridized carbons (Fsp3) is 0.400. The monoisotopic (exact) mass is 341 g/mol. The molecule has 0 radical (unpaired) electrons. The summed E-state index contributed by atoms with van der Waals surface area (Å²) in [6.45, 7) is 3.64. The molecule has 0 spiro atoms. The van der Waals surface area contributed by atoms with E-state index in [9.17, 15) is 8.42 Å². The van der Waals surface area contributed by atoms with E-state index in [1.807, 2.05) is 19.1 Å². The highest BCUT2D eigenvalue weighted by atomic mass is 35.5. The summed E-state index contributed by atoms with van der Waals surface area (Å²) >= 11 is 0. The highest BCUT2D eigenvalue weighted by molar-refractivity contribution is 7.89. The lowest BCUT2D eigenvalue weighted by Crippen LogP contribution is -2.42. The van der Waals surface area contributed by atoms with Gasteiger partial charge in [0.1, 0.15) is 4.90 Å². The number of para-hydroxylation sites is 1. The van der Waals surface area contributed by atoms with Crippen molar-refractivity contribution in [2.24, 2.45) is 0 Å². The van der Waals surface area contributed by atoms with Crippen LogP contribution < -0.4 is 10.0 Å². The minimum atomic E-state index is -3.54. The van der Waals surface area contributed by atoms with E-state index in [1.165, 1.54) is 0 Å². The Kier molecular flexibility index (Phi) is 5.39.